The van der Waals surface area contributed by atoms with Crippen LogP contribution in [0.5, 0.6) is 0 Å². The van der Waals surface area contributed by atoms with Crippen LogP contribution >= 0.6 is 12.6 Å². The molecule has 1 rings (SSSR count). The topological polar surface area (TPSA) is 52.7 Å². The summed E-state index contributed by atoms with van der Waals surface area (Å²) in [5, 5.41) is 2.48. The van der Waals surface area contributed by atoms with Crippen molar-refractivity contribution >= 4 is 24.4 Å². The quantitative estimate of drug-likeness (QED) is 0.725. The van der Waals surface area contributed by atoms with Crippen LogP contribution in [0.15, 0.2) is 0 Å². The highest BCUT2D eigenvalue weighted by molar-refractivity contribution is 7.80. The standard InChI is InChI=1S/C11H18F3N3O2S/c1-8(18)15-9(6-20)10(19)17-4-2-16(3-5-17)7-11(12,13)14/h9,20H,2-7H2,1H3,(H,15,18). The number of alkyl halides is 3. The van der Waals surface area contributed by atoms with Crippen molar-refractivity contribution in [2.24, 2.45) is 0 Å². The van der Waals surface area contributed by atoms with Gasteiger partial charge in [0.25, 0.3) is 0 Å². The SMILES string of the molecule is CC(=O)NC(CS)C(=O)N1CCN(CC(F)(F)F)CC1. The van der Waals surface area contributed by atoms with E-state index in [1.165, 1.54) is 16.7 Å². The molecule has 9 heteroatoms. The molecular formula is C11H18F3N3O2S. The number of nitrogens with one attached hydrogen (secondary N) is 1. The minimum atomic E-state index is -4.23. The lowest BCUT2D eigenvalue weighted by Gasteiger charge is -2.36. The molecule has 116 valence electrons. The van der Waals surface area contributed by atoms with Gasteiger partial charge in [-0.15, -0.1) is 0 Å². The van der Waals surface area contributed by atoms with Crippen molar-refractivity contribution in [2.45, 2.75) is 19.1 Å². The maximum Gasteiger partial charge on any atom is 0.401 e. The van der Waals surface area contributed by atoms with Crippen LogP contribution in [0.25, 0.3) is 0 Å². The monoisotopic (exact) mass is 313 g/mol. The van der Waals surface area contributed by atoms with Crippen molar-refractivity contribution in [2.75, 3.05) is 38.5 Å². The van der Waals surface area contributed by atoms with E-state index in [9.17, 15) is 22.8 Å². The molecular weight excluding hydrogens is 295 g/mol. The molecule has 0 aromatic rings. The summed E-state index contributed by atoms with van der Waals surface area (Å²) in [5.41, 5.74) is 0. The summed E-state index contributed by atoms with van der Waals surface area (Å²) in [4.78, 5) is 25.8. The van der Waals surface area contributed by atoms with Gasteiger partial charge in [-0.3, -0.25) is 14.5 Å². The Morgan fingerprint density at radius 2 is 1.80 bits per heavy atom. The summed E-state index contributed by atoms with van der Waals surface area (Å²) < 4.78 is 36.7. The van der Waals surface area contributed by atoms with E-state index < -0.39 is 18.8 Å². The van der Waals surface area contributed by atoms with Crippen molar-refractivity contribution in [3.8, 4) is 0 Å². The molecule has 1 fully saturated rings. The van der Waals surface area contributed by atoms with Gasteiger partial charge in [-0.1, -0.05) is 0 Å². The highest BCUT2D eigenvalue weighted by Crippen LogP contribution is 2.17. The van der Waals surface area contributed by atoms with Crippen LogP contribution < -0.4 is 5.32 Å². The predicted octanol–water partition coefficient (Wildman–Crippen LogP) is 0.127. The van der Waals surface area contributed by atoms with Gasteiger partial charge in [-0.2, -0.15) is 25.8 Å². The summed E-state index contributed by atoms with van der Waals surface area (Å²) in [5.74, 6) is -0.490. The highest BCUT2D eigenvalue weighted by atomic mass is 32.1. The molecule has 1 aliphatic heterocycles. The number of rotatable bonds is 4. The Balaban J connectivity index is 2.47. The normalized spacial score (nSPS) is 18.8. The lowest BCUT2D eigenvalue weighted by Crippen LogP contribution is -2.56. The first-order chi connectivity index (χ1) is 9.23. The second-order valence-corrected chi connectivity index (χ2v) is 5.02. The van der Waals surface area contributed by atoms with Gasteiger partial charge in [0.05, 0.1) is 6.54 Å². The van der Waals surface area contributed by atoms with E-state index in [-0.39, 0.29) is 43.7 Å². The fraction of sp³-hybridized carbons (Fsp3) is 0.818. The molecule has 1 saturated heterocycles. The van der Waals surface area contributed by atoms with E-state index in [1.807, 2.05) is 0 Å². The Kier molecular flexibility index (Phi) is 6.12. The third-order valence-corrected chi connectivity index (χ3v) is 3.31. The maximum absolute atomic E-state index is 12.2. The average Bonchev–Trinajstić information content (AvgIpc) is 2.34. The summed E-state index contributed by atoms with van der Waals surface area (Å²) in [6.07, 6.45) is -4.23. The second-order valence-electron chi connectivity index (χ2n) is 4.65. The summed E-state index contributed by atoms with van der Waals surface area (Å²) >= 11 is 4.00. The first-order valence-corrected chi connectivity index (χ1v) is 6.82. The molecule has 1 aliphatic rings. The van der Waals surface area contributed by atoms with Crippen LogP contribution in [-0.2, 0) is 9.59 Å². The third kappa shape index (κ3) is 5.58. The number of carbonyl (C=O) groups is 2. The van der Waals surface area contributed by atoms with Crippen LogP contribution in [0, 0.1) is 0 Å². The summed E-state index contributed by atoms with van der Waals surface area (Å²) in [6, 6.07) is -0.731. The Hall–Kier alpha value is -0.960. The molecule has 0 aliphatic carbocycles. The predicted molar refractivity (Wildman–Crippen MR) is 70.5 cm³/mol. The van der Waals surface area contributed by atoms with Crippen LogP contribution in [0.3, 0.4) is 0 Å². The van der Waals surface area contributed by atoms with Crippen molar-refractivity contribution in [3.63, 3.8) is 0 Å². The molecule has 1 atom stereocenters. The minimum absolute atomic E-state index is 0.154. The molecule has 5 nitrogen and oxygen atoms in total. The van der Waals surface area contributed by atoms with E-state index in [1.54, 1.807) is 0 Å². The Bertz CT molecular complexity index is 357. The van der Waals surface area contributed by atoms with Gasteiger partial charge in [0.15, 0.2) is 0 Å². The zero-order chi connectivity index (χ0) is 15.3. The molecule has 20 heavy (non-hydrogen) atoms. The first-order valence-electron chi connectivity index (χ1n) is 6.19. The third-order valence-electron chi connectivity index (χ3n) is 2.95. The zero-order valence-electron chi connectivity index (χ0n) is 11.1. The lowest BCUT2D eigenvalue weighted by molar-refractivity contribution is -0.152. The number of nitrogens with zero attached hydrogens (tertiary/aromatic N) is 2. The maximum atomic E-state index is 12.2. The Morgan fingerprint density at radius 3 is 2.20 bits per heavy atom. The van der Waals surface area contributed by atoms with E-state index >= 15 is 0 Å². The van der Waals surface area contributed by atoms with Crippen molar-refractivity contribution in [1.82, 2.24) is 15.1 Å². The lowest BCUT2D eigenvalue weighted by atomic mass is 10.2. The first kappa shape index (κ1) is 17.1. The van der Waals surface area contributed by atoms with Gasteiger partial charge in [0.1, 0.15) is 6.04 Å². The molecule has 0 aromatic carbocycles. The fourth-order valence-corrected chi connectivity index (χ4v) is 2.28. The van der Waals surface area contributed by atoms with Gasteiger partial charge in [0, 0.05) is 38.9 Å². The summed E-state index contributed by atoms with van der Waals surface area (Å²) in [6.45, 7) is 1.12. The van der Waals surface area contributed by atoms with Crippen molar-refractivity contribution in [3.05, 3.63) is 0 Å². The van der Waals surface area contributed by atoms with Crippen molar-refractivity contribution < 1.29 is 22.8 Å². The second kappa shape index (κ2) is 7.16. The molecule has 1 N–H and O–H groups in total. The van der Waals surface area contributed by atoms with E-state index in [2.05, 4.69) is 17.9 Å². The highest BCUT2D eigenvalue weighted by Gasteiger charge is 2.33. The number of amides is 2. The van der Waals surface area contributed by atoms with Gasteiger partial charge in [-0.25, -0.2) is 0 Å². The van der Waals surface area contributed by atoms with Gasteiger partial charge in [0.2, 0.25) is 11.8 Å². The smallest absolute Gasteiger partial charge is 0.344 e. The number of hydrogen-bond acceptors (Lipinski definition) is 4. The molecule has 0 spiro atoms. The van der Waals surface area contributed by atoms with Crippen molar-refractivity contribution in [1.29, 1.82) is 0 Å². The molecule has 1 heterocycles. The molecule has 1 unspecified atom stereocenters. The Labute approximate surface area is 120 Å². The van der Waals surface area contributed by atoms with Gasteiger partial charge in [-0.05, 0) is 0 Å². The summed E-state index contributed by atoms with van der Waals surface area (Å²) in [7, 11) is 0. The number of thiol groups is 1. The largest absolute Gasteiger partial charge is 0.401 e. The minimum Gasteiger partial charge on any atom is -0.344 e. The average molecular weight is 313 g/mol. The molecule has 2 amide bonds. The zero-order valence-corrected chi connectivity index (χ0v) is 12.0. The molecule has 0 bridgehead atoms. The van der Waals surface area contributed by atoms with E-state index in [0.29, 0.717) is 0 Å². The molecule has 0 saturated carbocycles. The van der Waals surface area contributed by atoms with Crippen LogP contribution in [0.1, 0.15) is 6.92 Å². The van der Waals surface area contributed by atoms with Gasteiger partial charge < -0.3 is 10.2 Å². The number of carbonyl (C=O) groups excluding carboxylic acids is 2. The molecule has 0 radical (unpaired) electrons. The molecule has 0 aromatic heterocycles. The number of hydrogen-bond donors (Lipinski definition) is 2. The fourth-order valence-electron chi connectivity index (χ4n) is 2.03. The van der Waals surface area contributed by atoms with E-state index in [0.717, 1.165) is 0 Å². The Morgan fingerprint density at radius 1 is 1.25 bits per heavy atom. The van der Waals surface area contributed by atoms with Gasteiger partial charge >= 0.3 is 6.18 Å². The number of halogens is 3. The van der Waals surface area contributed by atoms with Crippen LogP contribution in [0.2, 0.25) is 0 Å². The number of piperazine rings is 1. The van der Waals surface area contributed by atoms with Crippen LogP contribution in [0.4, 0.5) is 13.2 Å². The van der Waals surface area contributed by atoms with Crippen LogP contribution in [-0.4, -0.2) is 72.3 Å². The van der Waals surface area contributed by atoms with E-state index in [4.69, 9.17) is 0 Å².